The van der Waals surface area contributed by atoms with Crippen LogP contribution in [0.25, 0.3) is 0 Å². The van der Waals surface area contributed by atoms with E-state index in [0.717, 1.165) is 50.0 Å². The van der Waals surface area contributed by atoms with Gasteiger partial charge in [-0.05, 0) is 42.6 Å². The highest BCUT2D eigenvalue weighted by Crippen LogP contribution is 2.44. The van der Waals surface area contributed by atoms with Crippen molar-refractivity contribution in [1.29, 1.82) is 0 Å². The predicted molar refractivity (Wildman–Crippen MR) is 76.3 cm³/mol. The first-order valence-corrected chi connectivity index (χ1v) is 8.34. The predicted octanol–water partition coefficient (Wildman–Crippen LogP) is 2.42. The topological polar surface area (TPSA) is 66.4 Å². The van der Waals surface area contributed by atoms with Crippen molar-refractivity contribution in [3.05, 3.63) is 0 Å². The Bertz CT molecular complexity index is 334. The van der Waals surface area contributed by atoms with E-state index in [9.17, 15) is 9.59 Å². The number of carboxylic acids is 1. The van der Waals surface area contributed by atoms with Gasteiger partial charge < -0.3 is 10.4 Å². The molecule has 5 heteroatoms. The second-order valence-corrected chi connectivity index (χ2v) is 7.13. The first-order chi connectivity index (χ1) is 9.10. The molecule has 0 spiro atoms. The Balaban J connectivity index is 1.86. The lowest BCUT2D eigenvalue weighted by Gasteiger charge is -2.28. The number of carbonyl (C=O) groups is 2. The largest absolute Gasteiger partial charge is 0.481 e. The summed E-state index contributed by atoms with van der Waals surface area (Å²) in [5.41, 5.74) is -0.278. The molecule has 1 saturated heterocycles. The lowest BCUT2D eigenvalue weighted by Crippen LogP contribution is -2.40. The van der Waals surface area contributed by atoms with Gasteiger partial charge in [-0.15, -0.1) is 0 Å². The number of carboxylic acid groups (broad SMARTS) is 1. The first kappa shape index (κ1) is 14.7. The summed E-state index contributed by atoms with van der Waals surface area (Å²) in [6, 6.07) is 0.303. The highest BCUT2D eigenvalue weighted by atomic mass is 32.2. The molecule has 0 atom stereocenters. The van der Waals surface area contributed by atoms with E-state index in [1.807, 2.05) is 11.8 Å². The average molecular weight is 285 g/mol. The number of carbonyl (C=O) groups excluding carboxylic acids is 1. The maximum atomic E-state index is 12.1. The van der Waals surface area contributed by atoms with Gasteiger partial charge in [0.2, 0.25) is 5.91 Å². The van der Waals surface area contributed by atoms with E-state index in [-0.39, 0.29) is 17.7 Å². The average Bonchev–Trinajstić information content (AvgIpc) is 2.77. The van der Waals surface area contributed by atoms with Gasteiger partial charge in [0.25, 0.3) is 0 Å². The number of nitrogens with one attached hydrogen (secondary N) is 1. The summed E-state index contributed by atoms with van der Waals surface area (Å²) < 4.78 is 0. The Morgan fingerprint density at radius 1 is 1.16 bits per heavy atom. The fourth-order valence-electron chi connectivity index (χ4n) is 3.32. The molecular formula is C14H23NO3S. The van der Waals surface area contributed by atoms with Gasteiger partial charge in [-0.1, -0.05) is 12.8 Å². The van der Waals surface area contributed by atoms with Crippen molar-refractivity contribution in [2.75, 3.05) is 11.5 Å². The highest BCUT2D eigenvalue weighted by Gasteiger charge is 2.38. The van der Waals surface area contributed by atoms with Crippen LogP contribution in [0.5, 0.6) is 0 Å². The SMILES string of the molecule is O=C(O)CC1(CC(=O)NC2CCSCC2)CCCC1. The number of hydrogen-bond acceptors (Lipinski definition) is 3. The summed E-state index contributed by atoms with van der Waals surface area (Å²) in [7, 11) is 0. The van der Waals surface area contributed by atoms with Crippen molar-refractivity contribution >= 4 is 23.6 Å². The van der Waals surface area contributed by atoms with Gasteiger partial charge >= 0.3 is 5.97 Å². The van der Waals surface area contributed by atoms with Crippen LogP contribution in [0.2, 0.25) is 0 Å². The zero-order valence-corrected chi connectivity index (χ0v) is 12.1. The van der Waals surface area contributed by atoms with E-state index in [1.165, 1.54) is 0 Å². The van der Waals surface area contributed by atoms with Crippen LogP contribution in [0.3, 0.4) is 0 Å². The summed E-state index contributed by atoms with van der Waals surface area (Å²) in [5.74, 6) is 1.51. The Hall–Kier alpha value is -0.710. The van der Waals surface area contributed by atoms with Gasteiger partial charge in [-0.3, -0.25) is 9.59 Å². The Morgan fingerprint density at radius 3 is 2.37 bits per heavy atom. The fraction of sp³-hybridized carbons (Fsp3) is 0.857. The second-order valence-electron chi connectivity index (χ2n) is 5.91. The summed E-state index contributed by atoms with van der Waals surface area (Å²) in [5, 5.41) is 12.1. The fourth-order valence-corrected chi connectivity index (χ4v) is 4.43. The first-order valence-electron chi connectivity index (χ1n) is 7.19. The molecule has 0 radical (unpaired) electrons. The van der Waals surface area contributed by atoms with Gasteiger partial charge in [-0.25, -0.2) is 0 Å². The molecule has 1 aliphatic heterocycles. The zero-order chi connectivity index (χ0) is 13.7. The number of aliphatic carboxylic acids is 1. The molecular weight excluding hydrogens is 262 g/mol. The normalized spacial score (nSPS) is 23.2. The van der Waals surface area contributed by atoms with Gasteiger partial charge in [0, 0.05) is 12.5 Å². The zero-order valence-electron chi connectivity index (χ0n) is 11.3. The standard InChI is InChI=1S/C14H23NO3S/c16-12(15-11-3-7-19-8-4-11)9-14(10-13(17)18)5-1-2-6-14/h11H,1-10H2,(H,15,16)(H,17,18). The summed E-state index contributed by atoms with van der Waals surface area (Å²) >= 11 is 1.94. The number of thioether (sulfide) groups is 1. The molecule has 2 N–H and O–H groups in total. The molecule has 2 rings (SSSR count). The van der Waals surface area contributed by atoms with Crippen molar-refractivity contribution in [3.63, 3.8) is 0 Å². The second kappa shape index (κ2) is 6.64. The van der Waals surface area contributed by atoms with Crippen LogP contribution < -0.4 is 5.32 Å². The molecule has 1 amide bonds. The number of hydrogen-bond donors (Lipinski definition) is 2. The van der Waals surface area contributed by atoms with Gasteiger partial charge in [0.1, 0.15) is 0 Å². The van der Waals surface area contributed by atoms with Gasteiger partial charge in [0.15, 0.2) is 0 Å². The quantitative estimate of drug-likeness (QED) is 0.814. The number of amides is 1. The lowest BCUT2D eigenvalue weighted by molar-refractivity contribution is -0.140. The third-order valence-electron chi connectivity index (χ3n) is 4.31. The molecule has 0 aromatic heterocycles. The maximum absolute atomic E-state index is 12.1. The molecule has 1 heterocycles. The van der Waals surface area contributed by atoms with E-state index in [1.54, 1.807) is 0 Å². The van der Waals surface area contributed by atoms with Crippen molar-refractivity contribution in [2.45, 2.75) is 57.4 Å². The minimum Gasteiger partial charge on any atom is -0.481 e. The van der Waals surface area contributed by atoms with Crippen LogP contribution in [-0.2, 0) is 9.59 Å². The van der Waals surface area contributed by atoms with Crippen LogP contribution in [0.4, 0.5) is 0 Å². The van der Waals surface area contributed by atoms with Crippen molar-refractivity contribution < 1.29 is 14.7 Å². The van der Waals surface area contributed by atoms with Crippen molar-refractivity contribution in [1.82, 2.24) is 5.32 Å². The highest BCUT2D eigenvalue weighted by molar-refractivity contribution is 7.99. The third-order valence-corrected chi connectivity index (χ3v) is 5.36. The molecule has 0 aromatic rings. The van der Waals surface area contributed by atoms with E-state index < -0.39 is 5.97 Å². The van der Waals surface area contributed by atoms with Gasteiger partial charge in [0.05, 0.1) is 6.42 Å². The summed E-state index contributed by atoms with van der Waals surface area (Å²) in [4.78, 5) is 23.1. The van der Waals surface area contributed by atoms with E-state index >= 15 is 0 Å². The molecule has 19 heavy (non-hydrogen) atoms. The molecule has 1 saturated carbocycles. The van der Waals surface area contributed by atoms with Crippen LogP contribution >= 0.6 is 11.8 Å². The Morgan fingerprint density at radius 2 is 1.79 bits per heavy atom. The minimum absolute atomic E-state index is 0.0556. The van der Waals surface area contributed by atoms with Crippen LogP contribution in [-0.4, -0.2) is 34.5 Å². The summed E-state index contributed by atoms with van der Waals surface area (Å²) in [6.45, 7) is 0. The van der Waals surface area contributed by atoms with E-state index in [2.05, 4.69) is 5.32 Å². The van der Waals surface area contributed by atoms with Crippen molar-refractivity contribution in [3.8, 4) is 0 Å². The molecule has 0 bridgehead atoms. The van der Waals surface area contributed by atoms with Crippen LogP contribution in [0.1, 0.15) is 51.4 Å². The smallest absolute Gasteiger partial charge is 0.303 e. The van der Waals surface area contributed by atoms with Gasteiger partial charge in [-0.2, -0.15) is 11.8 Å². The molecule has 1 aliphatic carbocycles. The Labute approximate surface area is 118 Å². The monoisotopic (exact) mass is 285 g/mol. The molecule has 2 fully saturated rings. The van der Waals surface area contributed by atoms with Crippen molar-refractivity contribution in [2.24, 2.45) is 5.41 Å². The molecule has 0 aromatic carbocycles. The lowest BCUT2D eigenvalue weighted by atomic mass is 9.79. The van der Waals surface area contributed by atoms with E-state index in [0.29, 0.717) is 12.5 Å². The Kier molecular flexibility index (Phi) is 5.13. The number of rotatable bonds is 5. The maximum Gasteiger partial charge on any atom is 0.303 e. The summed E-state index contributed by atoms with van der Waals surface area (Å²) in [6.07, 6.45) is 6.50. The van der Waals surface area contributed by atoms with Crippen LogP contribution in [0.15, 0.2) is 0 Å². The van der Waals surface area contributed by atoms with Crippen LogP contribution in [0, 0.1) is 5.41 Å². The molecule has 0 unspecified atom stereocenters. The molecule has 2 aliphatic rings. The van der Waals surface area contributed by atoms with E-state index in [4.69, 9.17) is 5.11 Å². The molecule has 108 valence electrons. The minimum atomic E-state index is -0.774. The molecule has 4 nitrogen and oxygen atoms in total. The third kappa shape index (κ3) is 4.41.